The smallest absolute Gasteiger partial charge is 0.0368 e. The molecule has 1 aromatic carbocycles. The van der Waals surface area contributed by atoms with E-state index >= 15 is 0 Å². The van der Waals surface area contributed by atoms with E-state index in [2.05, 4.69) is 82.9 Å². The molecule has 0 bridgehead atoms. The first-order valence-electron chi connectivity index (χ1n) is 12.4. The van der Waals surface area contributed by atoms with Gasteiger partial charge in [-0.25, -0.2) is 0 Å². The molecule has 0 saturated heterocycles. The zero-order chi connectivity index (χ0) is 21.5. The van der Waals surface area contributed by atoms with Crippen LogP contribution in [0, 0.1) is 17.8 Å². The van der Waals surface area contributed by atoms with Crippen LogP contribution in [0.3, 0.4) is 0 Å². The molecule has 1 rings (SSSR count). The van der Waals surface area contributed by atoms with Crippen LogP contribution < -0.4 is 4.90 Å². The van der Waals surface area contributed by atoms with Crippen LogP contribution in [0.4, 0.5) is 5.69 Å². The Bertz CT molecular complexity index is 531. The first kappa shape index (κ1) is 25.8. The van der Waals surface area contributed by atoms with Gasteiger partial charge in [-0.15, -0.1) is 0 Å². The highest BCUT2D eigenvalue weighted by Crippen LogP contribution is 2.22. The first-order valence-corrected chi connectivity index (χ1v) is 12.4. The lowest BCUT2D eigenvalue weighted by Gasteiger charge is -2.21. The Labute approximate surface area is 183 Å². The summed E-state index contributed by atoms with van der Waals surface area (Å²) in [5.41, 5.74) is 2.87. The maximum Gasteiger partial charge on any atom is 0.0368 e. The average molecular weight is 400 g/mol. The summed E-state index contributed by atoms with van der Waals surface area (Å²) in [5.74, 6) is 2.66. The summed E-state index contributed by atoms with van der Waals surface area (Å²) in [4.78, 5) is 2.44. The van der Waals surface area contributed by atoms with Gasteiger partial charge in [0.1, 0.15) is 0 Å². The van der Waals surface area contributed by atoms with Gasteiger partial charge in [0.2, 0.25) is 0 Å². The molecular weight excluding hydrogens is 350 g/mol. The van der Waals surface area contributed by atoms with E-state index in [0.29, 0.717) is 0 Å². The van der Waals surface area contributed by atoms with Crippen LogP contribution in [-0.4, -0.2) is 13.1 Å². The third-order valence-corrected chi connectivity index (χ3v) is 6.30. The minimum atomic E-state index is 0.864. The van der Waals surface area contributed by atoms with E-state index in [0.717, 1.165) is 30.8 Å². The van der Waals surface area contributed by atoms with Gasteiger partial charge in [0.25, 0.3) is 0 Å². The van der Waals surface area contributed by atoms with Gasteiger partial charge in [-0.05, 0) is 56.6 Å². The van der Waals surface area contributed by atoms with Crippen molar-refractivity contribution in [1.82, 2.24) is 0 Å². The number of rotatable bonds is 16. The van der Waals surface area contributed by atoms with Gasteiger partial charge < -0.3 is 4.90 Å². The van der Waals surface area contributed by atoms with Crippen LogP contribution in [-0.2, 0) is 0 Å². The fourth-order valence-electron chi connectivity index (χ4n) is 4.13. The molecule has 0 aliphatic heterocycles. The molecule has 0 amide bonds. The van der Waals surface area contributed by atoms with Gasteiger partial charge in [-0.2, -0.15) is 0 Å². The Hall–Kier alpha value is -1.24. The summed E-state index contributed by atoms with van der Waals surface area (Å²) >= 11 is 0. The lowest BCUT2D eigenvalue weighted by atomic mass is 9.91. The zero-order valence-corrected chi connectivity index (χ0v) is 20.4. The number of benzene rings is 1. The first-order chi connectivity index (χ1) is 13.9. The summed E-state index contributed by atoms with van der Waals surface area (Å²) < 4.78 is 0. The molecule has 29 heavy (non-hydrogen) atoms. The molecule has 0 N–H and O–H groups in total. The molecule has 0 saturated carbocycles. The molecule has 0 heterocycles. The number of hydrogen-bond donors (Lipinski definition) is 0. The summed E-state index contributed by atoms with van der Waals surface area (Å²) in [6, 6.07) is 10.8. The molecule has 2 atom stereocenters. The van der Waals surface area contributed by atoms with E-state index in [-0.39, 0.29) is 0 Å². The molecule has 1 nitrogen and oxygen atoms in total. The molecule has 166 valence electrons. The highest BCUT2D eigenvalue weighted by Gasteiger charge is 2.07. The van der Waals surface area contributed by atoms with Gasteiger partial charge in [0.05, 0.1) is 0 Å². The fourth-order valence-corrected chi connectivity index (χ4v) is 4.13. The Morgan fingerprint density at radius 2 is 1.38 bits per heavy atom. The van der Waals surface area contributed by atoms with E-state index in [9.17, 15) is 0 Å². The van der Waals surface area contributed by atoms with Gasteiger partial charge >= 0.3 is 0 Å². The highest BCUT2D eigenvalue weighted by atomic mass is 15.1. The third-order valence-electron chi connectivity index (χ3n) is 6.30. The predicted octanol–water partition coefficient (Wildman–Crippen LogP) is 8.90. The molecule has 2 unspecified atom stereocenters. The average Bonchev–Trinajstić information content (AvgIpc) is 2.69. The van der Waals surface area contributed by atoms with Crippen molar-refractivity contribution in [3.05, 3.63) is 42.0 Å². The second-order valence-corrected chi connectivity index (χ2v) is 9.78. The van der Waals surface area contributed by atoms with E-state index < -0.39 is 0 Å². The Morgan fingerprint density at radius 3 is 1.93 bits per heavy atom. The molecule has 0 spiro atoms. The molecule has 0 aliphatic carbocycles. The van der Waals surface area contributed by atoms with Gasteiger partial charge in [0, 0.05) is 18.8 Å². The molecular formula is C28H49N. The van der Waals surface area contributed by atoms with Crippen molar-refractivity contribution < 1.29 is 0 Å². The third kappa shape index (κ3) is 12.8. The quantitative estimate of drug-likeness (QED) is 0.251. The minimum Gasteiger partial charge on any atom is -0.368 e. The van der Waals surface area contributed by atoms with Crippen LogP contribution in [0.25, 0.3) is 0 Å². The van der Waals surface area contributed by atoms with Crippen molar-refractivity contribution in [2.45, 2.75) is 99.3 Å². The summed E-state index contributed by atoms with van der Waals surface area (Å²) in [5, 5.41) is 0. The second-order valence-electron chi connectivity index (χ2n) is 9.78. The standard InChI is InChI=1S/C28H49N/c1-7-29(28-20-9-8-10-21-28)23-22-27(6)19-13-18-26(5)17-12-16-25(4)15-11-14-24(2)3/h8-10,20-22,24-26H,7,11-19,23H2,1-6H3/b27-22+. The fraction of sp³-hybridized carbons (Fsp3) is 0.714. The predicted molar refractivity (Wildman–Crippen MR) is 133 cm³/mol. The lowest BCUT2D eigenvalue weighted by Crippen LogP contribution is -2.22. The highest BCUT2D eigenvalue weighted by molar-refractivity contribution is 5.46. The summed E-state index contributed by atoms with van der Waals surface area (Å²) in [6.07, 6.45) is 14.9. The Kier molecular flexibility index (Phi) is 13.9. The van der Waals surface area contributed by atoms with Crippen LogP contribution in [0.15, 0.2) is 42.0 Å². The van der Waals surface area contributed by atoms with Crippen molar-refractivity contribution in [2.24, 2.45) is 17.8 Å². The van der Waals surface area contributed by atoms with Gasteiger partial charge in [-0.1, -0.05) is 102 Å². The Balaban J connectivity index is 2.16. The molecule has 0 fully saturated rings. The number of nitrogens with zero attached hydrogens (tertiary/aromatic N) is 1. The van der Waals surface area contributed by atoms with Crippen LogP contribution in [0.1, 0.15) is 99.3 Å². The maximum atomic E-state index is 2.46. The second kappa shape index (κ2) is 15.6. The topological polar surface area (TPSA) is 3.24 Å². The normalized spacial score (nSPS) is 14.2. The van der Waals surface area contributed by atoms with Crippen molar-refractivity contribution >= 4 is 5.69 Å². The van der Waals surface area contributed by atoms with Crippen molar-refractivity contribution in [3.63, 3.8) is 0 Å². The van der Waals surface area contributed by atoms with Gasteiger partial charge in [-0.3, -0.25) is 0 Å². The molecule has 0 radical (unpaired) electrons. The number of para-hydroxylation sites is 1. The van der Waals surface area contributed by atoms with Crippen LogP contribution in [0.5, 0.6) is 0 Å². The number of likely N-dealkylation sites (N-methyl/N-ethyl adjacent to an activating group) is 1. The Morgan fingerprint density at radius 1 is 0.828 bits per heavy atom. The van der Waals surface area contributed by atoms with Crippen LogP contribution >= 0.6 is 0 Å². The van der Waals surface area contributed by atoms with Gasteiger partial charge in [0.15, 0.2) is 0 Å². The zero-order valence-electron chi connectivity index (χ0n) is 20.4. The monoisotopic (exact) mass is 399 g/mol. The largest absolute Gasteiger partial charge is 0.368 e. The summed E-state index contributed by atoms with van der Waals surface area (Å²) in [6.45, 7) is 16.2. The number of hydrogen-bond acceptors (Lipinski definition) is 1. The molecule has 1 heteroatoms. The number of anilines is 1. The number of allylic oxidation sites excluding steroid dienone is 1. The molecule has 0 aliphatic rings. The lowest BCUT2D eigenvalue weighted by molar-refractivity contribution is 0.389. The van der Waals surface area contributed by atoms with E-state index in [1.165, 1.54) is 63.5 Å². The van der Waals surface area contributed by atoms with Crippen molar-refractivity contribution in [1.29, 1.82) is 0 Å². The maximum absolute atomic E-state index is 2.46. The minimum absolute atomic E-state index is 0.864. The molecule has 0 aromatic heterocycles. The molecule has 1 aromatic rings. The summed E-state index contributed by atoms with van der Waals surface area (Å²) in [7, 11) is 0. The van der Waals surface area contributed by atoms with Crippen molar-refractivity contribution in [2.75, 3.05) is 18.0 Å². The van der Waals surface area contributed by atoms with Crippen molar-refractivity contribution in [3.8, 4) is 0 Å². The SMILES string of the molecule is CCN(C/C=C(\C)CCCC(C)CCCC(C)CCCC(C)C)c1ccccc1. The van der Waals surface area contributed by atoms with E-state index in [1.807, 2.05) is 0 Å². The van der Waals surface area contributed by atoms with Crippen LogP contribution in [0.2, 0.25) is 0 Å². The van der Waals surface area contributed by atoms with E-state index in [4.69, 9.17) is 0 Å². The van der Waals surface area contributed by atoms with E-state index in [1.54, 1.807) is 5.57 Å².